The third-order valence-corrected chi connectivity index (χ3v) is 5.62. The number of halogens is 7. The lowest BCUT2D eigenvalue weighted by atomic mass is 10.0. The lowest BCUT2D eigenvalue weighted by Gasteiger charge is -2.21. The lowest BCUT2D eigenvalue weighted by Crippen LogP contribution is -2.42. The zero-order chi connectivity index (χ0) is 25.1. The van der Waals surface area contributed by atoms with Gasteiger partial charge in [0.2, 0.25) is 0 Å². The Morgan fingerprint density at radius 2 is 1.59 bits per heavy atom. The van der Waals surface area contributed by atoms with Crippen molar-refractivity contribution in [3.05, 3.63) is 63.7 Å². The minimum atomic E-state index is -4.94. The molecule has 0 atom stereocenters. The van der Waals surface area contributed by atoms with Crippen LogP contribution in [-0.2, 0) is 24.2 Å². The third-order valence-electron chi connectivity index (χ3n) is 5.31. The molecule has 2 aromatic carbocycles. The highest BCUT2D eigenvalue weighted by Crippen LogP contribution is 2.32. The van der Waals surface area contributed by atoms with Crippen LogP contribution in [0.2, 0.25) is 5.02 Å². The van der Waals surface area contributed by atoms with E-state index in [2.05, 4.69) is 5.32 Å². The maximum absolute atomic E-state index is 12.8. The van der Waals surface area contributed by atoms with Gasteiger partial charge in [-0.2, -0.15) is 26.3 Å². The molecular weight excluding hydrogens is 488 g/mol. The molecule has 2 amide bonds. The van der Waals surface area contributed by atoms with E-state index in [9.17, 15) is 35.9 Å². The van der Waals surface area contributed by atoms with Crippen molar-refractivity contribution in [1.29, 1.82) is 0 Å². The summed E-state index contributed by atoms with van der Waals surface area (Å²) in [5.41, 5.74) is 2.79. The number of anilines is 1. The molecule has 0 saturated carbocycles. The van der Waals surface area contributed by atoms with Gasteiger partial charge in [0.15, 0.2) is 0 Å². The van der Waals surface area contributed by atoms with E-state index >= 15 is 0 Å². The number of hydrogen-bond donors (Lipinski definition) is 2. The highest BCUT2D eigenvalue weighted by Gasteiger charge is 2.42. The summed E-state index contributed by atoms with van der Waals surface area (Å²) in [6, 6.07) is 9.24. The smallest absolute Gasteiger partial charge is 0.380 e. The molecule has 1 heterocycles. The molecule has 0 aromatic heterocycles. The fourth-order valence-corrected chi connectivity index (χ4v) is 3.86. The van der Waals surface area contributed by atoms with Gasteiger partial charge in [0.25, 0.3) is 5.91 Å². The second-order valence-corrected chi connectivity index (χ2v) is 8.11. The van der Waals surface area contributed by atoms with Crippen LogP contribution in [0.3, 0.4) is 0 Å². The predicted octanol–water partition coefficient (Wildman–Crippen LogP) is 4.73. The molecule has 0 saturated heterocycles. The molecule has 3 rings (SSSR count). The number of fused-ring (bicyclic) bond motifs is 1. The second-order valence-electron chi connectivity index (χ2n) is 7.70. The van der Waals surface area contributed by atoms with Crippen LogP contribution >= 0.6 is 11.6 Å². The van der Waals surface area contributed by atoms with E-state index in [1.165, 1.54) is 12.1 Å². The number of amides is 2. The molecule has 0 spiro atoms. The first kappa shape index (κ1) is 25.7. The van der Waals surface area contributed by atoms with E-state index < -0.39 is 30.7 Å². The summed E-state index contributed by atoms with van der Waals surface area (Å²) in [5, 5.41) is 5.29. The maximum Gasteiger partial charge on any atom is 0.471 e. The summed E-state index contributed by atoms with van der Waals surface area (Å²) in [6.07, 6.45) is -9.03. The summed E-state index contributed by atoms with van der Waals surface area (Å²) in [5.74, 6) is -2.73. The standard InChI is InChI=1S/C22H20ClF6N3O2/c23-17-6-5-14-7-9-32(20(34)22(27,28)29)10-8-16(14)18(17)30-11-13-1-3-15(4-2-13)19(33)31-12-21(24,25)26/h1-6,30H,7-12H2,(H,31,33). The average Bonchev–Trinajstić information content (AvgIpc) is 2.98. The topological polar surface area (TPSA) is 61.4 Å². The molecule has 0 bridgehead atoms. The highest BCUT2D eigenvalue weighted by molar-refractivity contribution is 6.33. The number of carbonyl (C=O) groups is 2. The Morgan fingerprint density at radius 3 is 2.21 bits per heavy atom. The fraction of sp³-hybridized carbons (Fsp3) is 0.364. The van der Waals surface area contributed by atoms with Crippen LogP contribution in [0.15, 0.2) is 36.4 Å². The van der Waals surface area contributed by atoms with E-state index in [-0.39, 0.29) is 38.0 Å². The van der Waals surface area contributed by atoms with Gasteiger partial charge in [-0.1, -0.05) is 29.8 Å². The SMILES string of the molecule is O=C(NCC(F)(F)F)c1ccc(CNc2c(Cl)ccc3c2CCN(C(=O)C(F)(F)F)CC3)cc1. The molecule has 0 fully saturated rings. The Kier molecular flexibility index (Phi) is 7.64. The fourth-order valence-electron chi connectivity index (χ4n) is 3.62. The molecule has 1 aliphatic rings. The van der Waals surface area contributed by atoms with E-state index in [4.69, 9.17) is 11.6 Å². The minimum Gasteiger partial charge on any atom is -0.380 e. The van der Waals surface area contributed by atoms with Crippen molar-refractivity contribution in [2.24, 2.45) is 0 Å². The van der Waals surface area contributed by atoms with Gasteiger partial charge >= 0.3 is 18.3 Å². The summed E-state index contributed by atoms with van der Waals surface area (Å²) in [7, 11) is 0. The Balaban J connectivity index is 1.68. The first-order valence-electron chi connectivity index (χ1n) is 10.2. The Hall–Kier alpha value is -2.95. The maximum atomic E-state index is 12.8. The molecule has 34 heavy (non-hydrogen) atoms. The highest BCUT2D eigenvalue weighted by atomic mass is 35.5. The number of nitrogens with zero attached hydrogens (tertiary/aromatic N) is 1. The molecular formula is C22H20ClF6N3O2. The number of alkyl halides is 6. The molecule has 5 nitrogen and oxygen atoms in total. The van der Waals surface area contributed by atoms with Gasteiger partial charge in [0.1, 0.15) is 6.54 Å². The lowest BCUT2D eigenvalue weighted by molar-refractivity contribution is -0.185. The average molecular weight is 508 g/mol. The van der Waals surface area contributed by atoms with Crippen molar-refractivity contribution in [1.82, 2.24) is 10.2 Å². The normalized spacial score (nSPS) is 14.3. The largest absolute Gasteiger partial charge is 0.471 e. The van der Waals surface area contributed by atoms with Crippen LogP contribution in [0.1, 0.15) is 27.0 Å². The summed E-state index contributed by atoms with van der Waals surface area (Å²) < 4.78 is 75.2. The zero-order valence-electron chi connectivity index (χ0n) is 17.6. The van der Waals surface area contributed by atoms with Gasteiger partial charge in [-0.25, -0.2) is 0 Å². The van der Waals surface area contributed by atoms with E-state index in [0.29, 0.717) is 21.8 Å². The quantitative estimate of drug-likeness (QED) is 0.575. The van der Waals surface area contributed by atoms with Crippen molar-refractivity contribution in [3.63, 3.8) is 0 Å². The Bertz CT molecular complexity index is 1050. The minimum absolute atomic E-state index is 0.0639. The summed E-state index contributed by atoms with van der Waals surface area (Å²) >= 11 is 6.32. The number of benzene rings is 2. The first-order chi connectivity index (χ1) is 15.8. The van der Waals surface area contributed by atoms with Crippen molar-refractivity contribution < 1.29 is 35.9 Å². The predicted molar refractivity (Wildman–Crippen MR) is 114 cm³/mol. The molecule has 0 unspecified atom stereocenters. The van der Waals surface area contributed by atoms with Gasteiger partial charge < -0.3 is 15.5 Å². The molecule has 0 aliphatic carbocycles. The van der Waals surface area contributed by atoms with Crippen molar-refractivity contribution in [2.45, 2.75) is 31.7 Å². The van der Waals surface area contributed by atoms with Gasteiger partial charge in [-0.15, -0.1) is 0 Å². The third kappa shape index (κ3) is 6.55. The number of hydrogen-bond acceptors (Lipinski definition) is 3. The van der Waals surface area contributed by atoms with Gasteiger partial charge in [-0.3, -0.25) is 9.59 Å². The van der Waals surface area contributed by atoms with Gasteiger partial charge in [0, 0.05) is 25.2 Å². The van der Waals surface area contributed by atoms with E-state index in [0.717, 1.165) is 10.5 Å². The zero-order valence-corrected chi connectivity index (χ0v) is 18.4. The van der Waals surface area contributed by atoms with Crippen LogP contribution in [0, 0.1) is 0 Å². The van der Waals surface area contributed by atoms with E-state index in [1.54, 1.807) is 29.6 Å². The Morgan fingerprint density at radius 1 is 0.941 bits per heavy atom. The monoisotopic (exact) mass is 507 g/mol. The molecule has 1 aliphatic heterocycles. The van der Waals surface area contributed by atoms with Crippen LogP contribution in [0.4, 0.5) is 32.0 Å². The summed E-state index contributed by atoms with van der Waals surface area (Å²) in [6.45, 7) is -1.36. The molecule has 0 radical (unpaired) electrons. The molecule has 2 N–H and O–H groups in total. The van der Waals surface area contributed by atoms with Gasteiger partial charge in [0.05, 0.1) is 10.7 Å². The van der Waals surface area contributed by atoms with Crippen LogP contribution in [0.5, 0.6) is 0 Å². The van der Waals surface area contributed by atoms with Crippen molar-refractivity contribution in [2.75, 3.05) is 25.0 Å². The second kappa shape index (κ2) is 10.1. The molecule has 2 aromatic rings. The first-order valence-corrected chi connectivity index (χ1v) is 10.6. The van der Waals surface area contributed by atoms with Crippen LogP contribution < -0.4 is 10.6 Å². The number of rotatable bonds is 5. The summed E-state index contributed by atoms with van der Waals surface area (Å²) in [4.78, 5) is 24.2. The number of nitrogens with one attached hydrogen (secondary N) is 2. The Labute approximate surface area is 196 Å². The van der Waals surface area contributed by atoms with E-state index in [1.807, 2.05) is 0 Å². The molecule has 184 valence electrons. The van der Waals surface area contributed by atoms with Gasteiger partial charge in [-0.05, 0) is 47.7 Å². The van der Waals surface area contributed by atoms with Crippen LogP contribution in [-0.4, -0.2) is 48.7 Å². The van der Waals surface area contributed by atoms with Crippen LogP contribution in [0.25, 0.3) is 0 Å². The van der Waals surface area contributed by atoms with Crippen molar-refractivity contribution >= 4 is 29.1 Å². The molecule has 12 heteroatoms. The van der Waals surface area contributed by atoms with Crippen molar-refractivity contribution in [3.8, 4) is 0 Å². The number of carbonyl (C=O) groups excluding carboxylic acids is 2.